The smallest absolute Gasteiger partial charge is 0.279 e. The molecule has 0 aliphatic carbocycles. The molecule has 0 aliphatic heterocycles. The Hall–Kier alpha value is -1.97. The Morgan fingerprint density at radius 2 is 1.70 bits per heavy atom. The van der Waals surface area contributed by atoms with Gasteiger partial charge in [0.25, 0.3) is 11.8 Å². The first-order valence-corrected chi connectivity index (χ1v) is 10.3. The zero-order valence-electron chi connectivity index (χ0n) is 16.9. The fourth-order valence-corrected chi connectivity index (χ4v) is 3.33. The third-order valence-electron chi connectivity index (χ3n) is 3.73. The van der Waals surface area contributed by atoms with E-state index >= 15 is 0 Å². The van der Waals surface area contributed by atoms with Gasteiger partial charge in [-0.2, -0.15) is 0 Å². The van der Waals surface area contributed by atoms with Crippen molar-refractivity contribution in [3.63, 3.8) is 0 Å². The van der Waals surface area contributed by atoms with Crippen molar-refractivity contribution in [3.8, 4) is 0 Å². The molecule has 1 atom stereocenters. The van der Waals surface area contributed by atoms with Gasteiger partial charge in [-0.15, -0.1) is 0 Å². The summed E-state index contributed by atoms with van der Waals surface area (Å²) in [6.07, 6.45) is 0. The third-order valence-corrected chi connectivity index (χ3v) is 5.54. The predicted molar refractivity (Wildman–Crippen MR) is 105 cm³/mol. The van der Waals surface area contributed by atoms with Gasteiger partial charge in [0.2, 0.25) is 10.0 Å². The molecule has 1 aromatic rings. The SMILES string of the molecule is CC[NH+](CC(=O)Nc1cccc(S(=O)(=O)N(C)C)c1)CC(=O)NC(C)(C)C. The number of likely N-dealkylation sites (N-methyl/N-ethyl adjacent to an activating group) is 1. The van der Waals surface area contributed by atoms with Gasteiger partial charge in [-0.1, -0.05) is 6.07 Å². The molecule has 0 saturated carbocycles. The lowest BCUT2D eigenvalue weighted by Crippen LogP contribution is -3.14. The van der Waals surface area contributed by atoms with E-state index in [-0.39, 0.29) is 35.3 Å². The maximum absolute atomic E-state index is 12.3. The van der Waals surface area contributed by atoms with Crippen molar-refractivity contribution in [2.75, 3.05) is 39.0 Å². The lowest BCUT2D eigenvalue weighted by Gasteiger charge is -2.23. The van der Waals surface area contributed by atoms with Crippen molar-refractivity contribution < 1.29 is 22.9 Å². The number of carbonyl (C=O) groups is 2. The molecule has 152 valence electrons. The second kappa shape index (κ2) is 9.29. The van der Waals surface area contributed by atoms with E-state index in [1.165, 1.54) is 26.2 Å². The Balaban J connectivity index is 2.74. The van der Waals surface area contributed by atoms with E-state index < -0.39 is 10.0 Å². The number of quaternary nitrogens is 1. The monoisotopic (exact) mass is 399 g/mol. The van der Waals surface area contributed by atoms with Crippen LogP contribution < -0.4 is 15.5 Å². The molecule has 0 saturated heterocycles. The number of rotatable bonds is 8. The number of carbonyl (C=O) groups excluding carboxylic acids is 2. The van der Waals surface area contributed by atoms with Crippen molar-refractivity contribution in [1.29, 1.82) is 0 Å². The van der Waals surface area contributed by atoms with Gasteiger partial charge in [0, 0.05) is 25.3 Å². The molecule has 0 spiro atoms. The topological polar surface area (TPSA) is 100 Å². The summed E-state index contributed by atoms with van der Waals surface area (Å²) in [5.74, 6) is -0.402. The first-order chi connectivity index (χ1) is 12.3. The normalized spacial score (nSPS) is 13.3. The average Bonchev–Trinajstić information content (AvgIpc) is 2.52. The van der Waals surface area contributed by atoms with Gasteiger partial charge in [-0.05, 0) is 45.9 Å². The number of anilines is 1. The quantitative estimate of drug-likeness (QED) is 0.559. The van der Waals surface area contributed by atoms with Crippen LogP contribution in [0.25, 0.3) is 0 Å². The molecular formula is C18H31N4O4S+. The van der Waals surface area contributed by atoms with E-state index in [0.29, 0.717) is 12.2 Å². The van der Waals surface area contributed by atoms with E-state index in [9.17, 15) is 18.0 Å². The molecule has 0 radical (unpaired) electrons. The molecule has 0 aliphatic rings. The van der Waals surface area contributed by atoms with Crippen molar-refractivity contribution in [3.05, 3.63) is 24.3 Å². The maximum Gasteiger partial charge on any atom is 0.279 e. The molecule has 3 N–H and O–H groups in total. The lowest BCUT2D eigenvalue weighted by atomic mass is 10.1. The van der Waals surface area contributed by atoms with Crippen LogP contribution in [0, 0.1) is 0 Å². The molecule has 2 amide bonds. The van der Waals surface area contributed by atoms with Crippen molar-refractivity contribution in [1.82, 2.24) is 9.62 Å². The molecule has 1 rings (SSSR count). The van der Waals surface area contributed by atoms with Crippen molar-refractivity contribution >= 4 is 27.5 Å². The van der Waals surface area contributed by atoms with Crippen LogP contribution >= 0.6 is 0 Å². The van der Waals surface area contributed by atoms with E-state index in [2.05, 4.69) is 10.6 Å². The van der Waals surface area contributed by atoms with Crippen LogP contribution in [0.15, 0.2) is 29.2 Å². The van der Waals surface area contributed by atoms with Gasteiger partial charge < -0.3 is 15.5 Å². The molecule has 9 heteroatoms. The minimum atomic E-state index is -3.57. The Bertz CT molecular complexity index is 770. The van der Waals surface area contributed by atoms with Gasteiger partial charge in [0.15, 0.2) is 13.1 Å². The minimum Gasteiger partial charge on any atom is -0.347 e. The largest absolute Gasteiger partial charge is 0.347 e. The third kappa shape index (κ3) is 7.66. The zero-order valence-corrected chi connectivity index (χ0v) is 17.7. The van der Waals surface area contributed by atoms with Crippen molar-refractivity contribution in [2.45, 2.75) is 38.1 Å². The predicted octanol–water partition coefficient (Wildman–Crippen LogP) is -0.305. The Morgan fingerprint density at radius 1 is 1.11 bits per heavy atom. The van der Waals surface area contributed by atoms with E-state index in [1.54, 1.807) is 12.1 Å². The van der Waals surface area contributed by atoms with Gasteiger partial charge >= 0.3 is 0 Å². The number of hydrogen-bond acceptors (Lipinski definition) is 4. The zero-order chi connectivity index (χ0) is 20.8. The molecule has 0 heterocycles. The summed E-state index contributed by atoms with van der Waals surface area (Å²) in [5.41, 5.74) is 0.0776. The Kier molecular flexibility index (Phi) is 7.94. The van der Waals surface area contributed by atoms with E-state index in [4.69, 9.17) is 0 Å². The fraction of sp³-hybridized carbons (Fsp3) is 0.556. The summed E-state index contributed by atoms with van der Waals surface area (Å²) in [6.45, 7) is 8.51. The van der Waals surface area contributed by atoms with Gasteiger partial charge in [-0.25, -0.2) is 12.7 Å². The van der Waals surface area contributed by atoms with Gasteiger partial charge in [0.1, 0.15) is 0 Å². The number of amides is 2. The molecule has 1 unspecified atom stereocenters. The Labute approximate surface area is 162 Å². The summed E-state index contributed by atoms with van der Waals surface area (Å²) < 4.78 is 25.5. The highest BCUT2D eigenvalue weighted by molar-refractivity contribution is 7.89. The molecule has 1 aromatic carbocycles. The van der Waals surface area contributed by atoms with Crippen LogP contribution in [0.4, 0.5) is 5.69 Å². The summed E-state index contributed by atoms with van der Waals surface area (Å²) in [6, 6.07) is 6.11. The van der Waals surface area contributed by atoms with Crippen LogP contribution in [0.5, 0.6) is 0 Å². The first kappa shape index (κ1) is 23.1. The number of nitrogens with zero attached hydrogens (tertiary/aromatic N) is 1. The highest BCUT2D eigenvalue weighted by Crippen LogP contribution is 2.17. The molecule has 0 bridgehead atoms. The molecule has 0 aromatic heterocycles. The number of sulfonamides is 1. The van der Waals surface area contributed by atoms with Crippen LogP contribution in [-0.2, 0) is 19.6 Å². The second-order valence-electron chi connectivity index (χ2n) is 7.62. The van der Waals surface area contributed by atoms with Gasteiger partial charge in [-0.3, -0.25) is 9.59 Å². The standard InChI is InChI=1S/C18H30N4O4S/c1-7-22(13-17(24)20-18(2,3)4)12-16(23)19-14-9-8-10-15(11-14)27(25,26)21(5)6/h8-11H,7,12-13H2,1-6H3,(H,19,23)(H,20,24)/p+1. The molecule has 8 nitrogen and oxygen atoms in total. The second-order valence-corrected chi connectivity index (χ2v) is 9.77. The van der Waals surface area contributed by atoms with Crippen molar-refractivity contribution in [2.24, 2.45) is 0 Å². The highest BCUT2D eigenvalue weighted by atomic mass is 32.2. The first-order valence-electron chi connectivity index (χ1n) is 8.82. The molecule has 0 fully saturated rings. The molecular weight excluding hydrogens is 368 g/mol. The average molecular weight is 400 g/mol. The van der Waals surface area contributed by atoms with E-state index in [1.807, 2.05) is 27.7 Å². The lowest BCUT2D eigenvalue weighted by molar-refractivity contribution is -0.881. The summed E-state index contributed by atoms with van der Waals surface area (Å²) in [5, 5.41) is 5.58. The van der Waals surface area contributed by atoms with Crippen LogP contribution in [0.3, 0.4) is 0 Å². The highest BCUT2D eigenvalue weighted by Gasteiger charge is 2.21. The van der Waals surface area contributed by atoms with E-state index in [0.717, 1.165) is 9.21 Å². The van der Waals surface area contributed by atoms with Crippen LogP contribution in [0.2, 0.25) is 0 Å². The van der Waals surface area contributed by atoms with Crippen LogP contribution in [-0.4, -0.2) is 63.8 Å². The summed E-state index contributed by atoms with van der Waals surface area (Å²) in [4.78, 5) is 25.3. The maximum atomic E-state index is 12.3. The summed E-state index contributed by atoms with van der Waals surface area (Å²) in [7, 11) is -0.672. The number of nitrogens with one attached hydrogen (secondary N) is 3. The van der Waals surface area contributed by atoms with Gasteiger partial charge in [0.05, 0.1) is 11.4 Å². The number of benzene rings is 1. The molecule has 27 heavy (non-hydrogen) atoms. The van der Waals surface area contributed by atoms with Crippen LogP contribution in [0.1, 0.15) is 27.7 Å². The Morgan fingerprint density at radius 3 is 2.22 bits per heavy atom. The fourth-order valence-electron chi connectivity index (χ4n) is 2.38. The summed E-state index contributed by atoms with van der Waals surface area (Å²) >= 11 is 0. The minimum absolute atomic E-state index is 0.106. The number of hydrogen-bond donors (Lipinski definition) is 3.